The minimum Gasteiger partial charge on any atom is -0.335 e. The van der Waals surface area contributed by atoms with Gasteiger partial charge in [-0.1, -0.05) is 6.92 Å². The monoisotopic (exact) mass is 353 g/mol. The molecule has 1 rings (SSSR count). The zero-order chi connectivity index (χ0) is 19.1. The maximum atomic E-state index is 12.4. The Balaban J connectivity index is 2.81. The molecule has 142 valence electrons. The van der Waals surface area contributed by atoms with Crippen LogP contribution >= 0.6 is 0 Å². The standard InChI is InChI=1S/C18H32N4O3/c1-7-14(19-13(4)11-10-12-22(8-2)9-3)15-16(23)20(5)18(25)21(6)17(15)24/h13,15H,7-12H2,1-6H3/p+1/t13-/m0/s1. The average Bonchev–Trinajstić information content (AvgIpc) is 2.61. The molecule has 0 unspecified atom stereocenters. The van der Waals surface area contributed by atoms with E-state index in [2.05, 4.69) is 18.8 Å². The number of carbonyl (C=O) groups excluding carboxylic acids is 3. The molecule has 0 aromatic carbocycles. The predicted molar refractivity (Wildman–Crippen MR) is 97.8 cm³/mol. The Hall–Kier alpha value is -1.76. The third-order valence-electron chi connectivity index (χ3n) is 4.96. The Kier molecular flexibility index (Phi) is 8.22. The zero-order valence-electron chi connectivity index (χ0n) is 16.5. The first kappa shape index (κ1) is 21.3. The van der Waals surface area contributed by atoms with Gasteiger partial charge in [-0.15, -0.1) is 0 Å². The number of hydrogen-bond acceptors (Lipinski definition) is 4. The van der Waals surface area contributed by atoms with Crippen LogP contribution in [0, 0.1) is 5.92 Å². The van der Waals surface area contributed by atoms with Crippen LogP contribution in [0.2, 0.25) is 0 Å². The first-order valence-electron chi connectivity index (χ1n) is 9.27. The van der Waals surface area contributed by atoms with Gasteiger partial charge in [-0.2, -0.15) is 0 Å². The molecule has 1 heterocycles. The molecule has 1 aliphatic heterocycles. The van der Waals surface area contributed by atoms with E-state index in [9.17, 15) is 14.4 Å². The first-order chi connectivity index (χ1) is 11.8. The number of nitrogens with zero attached hydrogens (tertiary/aromatic N) is 3. The van der Waals surface area contributed by atoms with Crippen LogP contribution in [-0.2, 0) is 9.59 Å². The van der Waals surface area contributed by atoms with Crippen molar-refractivity contribution in [3.05, 3.63) is 0 Å². The minimum absolute atomic E-state index is 0.0544. The summed E-state index contributed by atoms with van der Waals surface area (Å²) < 4.78 is 0. The average molecular weight is 353 g/mol. The van der Waals surface area contributed by atoms with Crippen LogP contribution in [-0.4, -0.2) is 73.1 Å². The lowest BCUT2D eigenvalue weighted by Gasteiger charge is -2.33. The summed E-state index contributed by atoms with van der Waals surface area (Å²) in [4.78, 5) is 44.9. The predicted octanol–water partition coefficient (Wildman–Crippen LogP) is 0.597. The third-order valence-corrected chi connectivity index (χ3v) is 4.96. The number of hydrogen-bond donors (Lipinski definition) is 1. The number of carbonyl (C=O) groups is 3. The third kappa shape index (κ3) is 5.11. The molecule has 4 amide bonds. The highest BCUT2D eigenvalue weighted by molar-refractivity contribution is 6.27. The summed E-state index contributed by atoms with van der Waals surface area (Å²) in [6.45, 7) is 11.6. The van der Waals surface area contributed by atoms with Crippen molar-refractivity contribution in [1.29, 1.82) is 0 Å². The van der Waals surface area contributed by atoms with Crippen LogP contribution in [0.1, 0.15) is 47.0 Å². The summed E-state index contributed by atoms with van der Waals surface area (Å²) in [6, 6.07) is -0.532. The molecule has 7 heteroatoms. The number of urea groups is 1. The van der Waals surface area contributed by atoms with Gasteiger partial charge in [0.2, 0.25) is 11.8 Å². The molecule has 0 spiro atoms. The molecule has 1 atom stereocenters. The molecule has 0 aliphatic carbocycles. The van der Waals surface area contributed by atoms with Crippen LogP contribution < -0.4 is 4.90 Å². The highest BCUT2D eigenvalue weighted by Crippen LogP contribution is 2.19. The molecule has 0 saturated carbocycles. The van der Waals surface area contributed by atoms with Crippen molar-refractivity contribution in [2.24, 2.45) is 10.9 Å². The largest absolute Gasteiger partial charge is 0.335 e. The molecule has 1 aliphatic rings. The normalized spacial score (nSPS) is 18.5. The number of nitrogens with one attached hydrogen (secondary N) is 1. The Labute approximate surface area is 151 Å². The summed E-state index contributed by atoms with van der Waals surface area (Å²) in [7, 11) is 2.81. The summed E-state index contributed by atoms with van der Waals surface area (Å²) >= 11 is 0. The second-order valence-electron chi connectivity index (χ2n) is 6.68. The van der Waals surface area contributed by atoms with Crippen molar-refractivity contribution in [2.75, 3.05) is 33.7 Å². The first-order valence-corrected chi connectivity index (χ1v) is 9.27. The van der Waals surface area contributed by atoms with Gasteiger partial charge in [-0.05, 0) is 40.0 Å². The summed E-state index contributed by atoms with van der Waals surface area (Å²) in [5, 5.41) is 0. The molecular weight excluding hydrogens is 320 g/mol. The quantitative estimate of drug-likeness (QED) is 0.487. The van der Waals surface area contributed by atoms with Gasteiger partial charge in [-0.3, -0.25) is 24.4 Å². The van der Waals surface area contributed by atoms with Crippen molar-refractivity contribution in [2.45, 2.75) is 53.0 Å². The van der Waals surface area contributed by atoms with Crippen LogP contribution in [0.25, 0.3) is 0 Å². The number of imide groups is 2. The lowest BCUT2D eigenvalue weighted by molar-refractivity contribution is -0.896. The van der Waals surface area contributed by atoms with Gasteiger partial charge < -0.3 is 4.90 Å². The Morgan fingerprint density at radius 2 is 1.60 bits per heavy atom. The smallest absolute Gasteiger partial charge is 0.332 e. The van der Waals surface area contributed by atoms with E-state index in [1.807, 2.05) is 13.8 Å². The van der Waals surface area contributed by atoms with Crippen molar-refractivity contribution in [3.63, 3.8) is 0 Å². The Morgan fingerprint density at radius 1 is 1.08 bits per heavy atom. The van der Waals surface area contributed by atoms with Crippen LogP contribution in [0.5, 0.6) is 0 Å². The maximum Gasteiger partial charge on any atom is 0.332 e. The van der Waals surface area contributed by atoms with Gasteiger partial charge in [0.15, 0.2) is 5.92 Å². The number of rotatable bonds is 9. The van der Waals surface area contributed by atoms with Crippen molar-refractivity contribution >= 4 is 23.6 Å². The Morgan fingerprint density at radius 3 is 2.04 bits per heavy atom. The van der Waals surface area contributed by atoms with Crippen molar-refractivity contribution in [3.8, 4) is 0 Å². The lowest BCUT2D eigenvalue weighted by atomic mass is 9.95. The van der Waals surface area contributed by atoms with Gasteiger partial charge in [0, 0.05) is 25.8 Å². The highest BCUT2D eigenvalue weighted by Gasteiger charge is 2.44. The molecule has 0 aromatic rings. The molecule has 1 fully saturated rings. The maximum absolute atomic E-state index is 12.4. The molecule has 1 saturated heterocycles. The second kappa shape index (κ2) is 9.65. The molecular formula is C18H33N4O3+. The molecule has 0 radical (unpaired) electrons. The lowest BCUT2D eigenvalue weighted by Crippen LogP contribution is -3.11. The topological polar surface area (TPSA) is 74.5 Å². The van der Waals surface area contributed by atoms with Crippen molar-refractivity contribution < 1.29 is 19.3 Å². The van der Waals surface area contributed by atoms with Gasteiger partial charge in [0.1, 0.15) is 0 Å². The van der Waals surface area contributed by atoms with E-state index >= 15 is 0 Å². The summed E-state index contributed by atoms with van der Waals surface area (Å²) in [6.07, 6.45) is 2.50. The van der Waals surface area contributed by atoms with E-state index in [-0.39, 0.29) is 6.04 Å². The van der Waals surface area contributed by atoms with Gasteiger partial charge in [0.05, 0.1) is 19.6 Å². The van der Waals surface area contributed by atoms with Crippen LogP contribution in [0.15, 0.2) is 4.99 Å². The fourth-order valence-corrected chi connectivity index (χ4v) is 3.16. The van der Waals surface area contributed by atoms with E-state index in [4.69, 9.17) is 0 Å². The van der Waals surface area contributed by atoms with Gasteiger partial charge >= 0.3 is 6.03 Å². The van der Waals surface area contributed by atoms with Gasteiger partial charge in [-0.25, -0.2) is 4.79 Å². The fraction of sp³-hybridized carbons (Fsp3) is 0.778. The number of aliphatic imine (C=N–C) groups is 1. The number of barbiturate groups is 1. The molecule has 0 aromatic heterocycles. The zero-order valence-corrected chi connectivity index (χ0v) is 16.5. The number of quaternary nitrogens is 1. The summed E-state index contributed by atoms with van der Waals surface area (Å²) in [5.41, 5.74) is 0.573. The summed E-state index contributed by atoms with van der Waals surface area (Å²) in [5.74, 6) is -1.92. The fourth-order valence-electron chi connectivity index (χ4n) is 3.16. The highest BCUT2D eigenvalue weighted by atomic mass is 16.2. The van der Waals surface area contributed by atoms with E-state index in [0.717, 1.165) is 42.3 Å². The van der Waals surface area contributed by atoms with E-state index < -0.39 is 23.8 Å². The van der Waals surface area contributed by atoms with Crippen LogP contribution in [0.3, 0.4) is 0 Å². The minimum atomic E-state index is -0.964. The van der Waals surface area contributed by atoms with E-state index in [1.54, 1.807) is 4.90 Å². The SMILES string of the molecule is CCC(=N[C@@H](C)CCC[NH+](CC)CC)C1C(=O)N(C)C(=O)N(C)C1=O. The Bertz CT molecular complexity index is 504. The van der Waals surface area contributed by atoms with Crippen LogP contribution in [0.4, 0.5) is 4.79 Å². The van der Waals surface area contributed by atoms with Gasteiger partial charge in [0.25, 0.3) is 0 Å². The molecule has 25 heavy (non-hydrogen) atoms. The molecule has 7 nitrogen and oxygen atoms in total. The van der Waals surface area contributed by atoms with E-state index in [0.29, 0.717) is 12.1 Å². The second-order valence-corrected chi connectivity index (χ2v) is 6.68. The number of amides is 4. The molecule has 1 N–H and O–H groups in total. The van der Waals surface area contributed by atoms with Crippen molar-refractivity contribution in [1.82, 2.24) is 9.80 Å². The molecule has 0 bridgehead atoms. The van der Waals surface area contributed by atoms with E-state index in [1.165, 1.54) is 14.1 Å².